The Labute approximate surface area is 198 Å². The first kappa shape index (κ1) is 24.1. The summed E-state index contributed by atoms with van der Waals surface area (Å²) < 4.78 is 3.77. The lowest BCUT2D eigenvalue weighted by atomic mass is 10.3. The van der Waals surface area contributed by atoms with Crippen molar-refractivity contribution in [2.45, 2.75) is 35.6 Å². The maximum atomic E-state index is 13.0. The standard InChI is InChI=1S/C20H24N6O3S3/c1-11-15(18(29)26(25(11)4)14-9-7-6-8-10-14)21-17(28)13(3)31-20-24-23-19(32-20)22-16(27)12(2)30-5/h6-10,12-13H,1-5H3,(H,21,28)(H,22,23,27). The molecule has 3 aromatic rings. The third-order valence-corrected chi connectivity index (χ3v) is 7.75. The molecule has 0 saturated heterocycles. The number of hydrogen-bond acceptors (Lipinski definition) is 8. The molecular formula is C20H24N6O3S3. The zero-order chi connectivity index (χ0) is 23.4. The normalized spacial score (nSPS) is 12.9. The number of hydrogen-bond donors (Lipinski definition) is 2. The molecule has 0 aliphatic carbocycles. The van der Waals surface area contributed by atoms with Crippen molar-refractivity contribution in [2.24, 2.45) is 7.05 Å². The Morgan fingerprint density at radius 1 is 1.06 bits per heavy atom. The van der Waals surface area contributed by atoms with E-state index in [1.807, 2.05) is 36.6 Å². The van der Waals surface area contributed by atoms with E-state index >= 15 is 0 Å². The number of thioether (sulfide) groups is 2. The van der Waals surface area contributed by atoms with Gasteiger partial charge in [0.25, 0.3) is 5.56 Å². The van der Waals surface area contributed by atoms with Gasteiger partial charge in [-0.2, -0.15) is 11.8 Å². The Bertz CT molecular complexity index is 1170. The summed E-state index contributed by atoms with van der Waals surface area (Å²) in [5.41, 5.74) is 1.30. The van der Waals surface area contributed by atoms with Crippen molar-refractivity contribution in [3.63, 3.8) is 0 Å². The van der Waals surface area contributed by atoms with E-state index in [-0.39, 0.29) is 28.3 Å². The number of para-hydroxylation sites is 1. The van der Waals surface area contributed by atoms with Gasteiger partial charge in [-0.1, -0.05) is 41.3 Å². The molecule has 0 aliphatic heterocycles. The summed E-state index contributed by atoms with van der Waals surface area (Å²) in [5.74, 6) is -0.469. The van der Waals surface area contributed by atoms with Gasteiger partial charge in [-0.25, -0.2) is 4.68 Å². The zero-order valence-corrected chi connectivity index (χ0v) is 20.7. The van der Waals surface area contributed by atoms with E-state index in [1.54, 1.807) is 32.5 Å². The van der Waals surface area contributed by atoms with Gasteiger partial charge in [-0.15, -0.1) is 10.2 Å². The van der Waals surface area contributed by atoms with Crippen LogP contribution in [0.25, 0.3) is 5.69 Å². The summed E-state index contributed by atoms with van der Waals surface area (Å²) in [5, 5.41) is 13.1. The van der Waals surface area contributed by atoms with Crippen LogP contribution in [0, 0.1) is 6.92 Å². The third kappa shape index (κ3) is 5.25. The van der Waals surface area contributed by atoms with Gasteiger partial charge in [0.15, 0.2) is 4.34 Å². The van der Waals surface area contributed by atoms with Crippen molar-refractivity contribution >= 4 is 57.5 Å². The second kappa shape index (κ2) is 10.4. The van der Waals surface area contributed by atoms with Gasteiger partial charge in [-0.3, -0.25) is 24.4 Å². The molecule has 2 amide bonds. The SMILES string of the molecule is CSC(C)C(=O)Nc1nnc(SC(C)C(=O)Nc2c(C)n(C)n(-c3ccccc3)c2=O)s1. The van der Waals surface area contributed by atoms with E-state index in [9.17, 15) is 14.4 Å². The number of anilines is 2. The highest BCUT2D eigenvalue weighted by atomic mass is 32.2. The largest absolute Gasteiger partial charge is 0.319 e. The van der Waals surface area contributed by atoms with Gasteiger partial charge in [0, 0.05) is 7.05 Å². The number of amides is 2. The molecule has 0 spiro atoms. The highest BCUT2D eigenvalue weighted by Crippen LogP contribution is 2.30. The first-order valence-corrected chi connectivity index (χ1v) is 12.7. The average molecular weight is 493 g/mol. The van der Waals surface area contributed by atoms with Crippen LogP contribution in [0.2, 0.25) is 0 Å². The molecular weight excluding hydrogens is 468 g/mol. The Morgan fingerprint density at radius 3 is 2.38 bits per heavy atom. The molecule has 2 aromatic heterocycles. The van der Waals surface area contributed by atoms with Gasteiger partial charge in [0.2, 0.25) is 16.9 Å². The van der Waals surface area contributed by atoms with Crippen molar-refractivity contribution in [3.8, 4) is 5.69 Å². The molecule has 1 aromatic carbocycles. The minimum absolute atomic E-state index is 0.148. The van der Waals surface area contributed by atoms with Crippen LogP contribution >= 0.6 is 34.9 Å². The van der Waals surface area contributed by atoms with Crippen LogP contribution in [0.3, 0.4) is 0 Å². The minimum atomic E-state index is -0.527. The monoisotopic (exact) mass is 492 g/mol. The Balaban J connectivity index is 1.70. The molecule has 0 bridgehead atoms. The summed E-state index contributed by atoms with van der Waals surface area (Å²) in [7, 11) is 1.77. The number of carbonyl (C=O) groups is 2. The summed E-state index contributed by atoms with van der Waals surface area (Å²) in [6.45, 7) is 5.31. The molecule has 0 radical (unpaired) electrons. The number of benzene rings is 1. The van der Waals surface area contributed by atoms with Crippen LogP contribution in [-0.2, 0) is 16.6 Å². The van der Waals surface area contributed by atoms with Gasteiger partial charge in [0.1, 0.15) is 5.69 Å². The van der Waals surface area contributed by atoms with Crippen molar-refractivity contribution < 1.29 is 9.59 Å². The topological polar surface area (TPSA) is 111 Å². The van der Waals surface area contributed by atoms with Crippen LogP contribution in [0.1, 0.15) is 19.5 Å². The van der Waals surface area contributed by atoms with Crippen LogP contribution < -0.4 is 16.2 Å². The number of nitrogens with one attached hydrogen (secondary N) is 2. The van der Waals surface area contributed by atoms with E-state index < -0.39 is 5.25 Å². The van der Waals surface area contributed by atoms with E-state index in [0.29, 0.717) is 20.9 Å². The average Bonchev–Trinajstić information content (AvgIpc) is 3.30. The predicted octanol–water partition coefficient (Wildman–Crippen LogP) is 3.15. The molecule has 2 unspecified atom stereocenters. The van der Waals surface area contributed by atoms with Gasteiger partial charge in [0.05, 0.1) is 21.9 Å². The molecule has 2 atom stereocenters. The number of aromatic nitrogens is 4. The Morgan fingerprint density at radius 2 is 1.72 bits per heavy atom. The van der Waals surface area contributed by atoms with Crippen molar-refractivity contribution in [1.82, 2.24) is 19.6 Å². The fourth-order valence-electron chi connectivity index (χ4n) is 2.76. The summed E-state index contributed by atoms with van der Waals surface area (Å²) in [6, 6.07) is 9.23. The molecule has 0 fully saturated rings. The first-order valence-electron chi connectivity index (χ1n) is 9.71. The highest BCUT2D eigenvalue weighted by molar-refractivity contribution is 8.02. The molecule has 3 rings (SSSR count). The molecule has 32 heavy (non-hydrogen) atoms. The summed E-state index contributed by atoms with van der Waals surface area (Å²) in [4.78, 5) is 37.7. The maximum Gasteiger partial charge on any atom is 0.295 e. The Kier molecular flexibility index (Phi) is 7.80. The fraction of sp³-hybridized carbons (Fsp3) is 0.350. The number of nitrogens with zero attached hydrogens (tertiary/aromatic N) is 4. The lowest BCUT2D eigenvalue weighted by molar-refractivity contribution is -0.116. The van der Waals surface area contributed by atoms with Crippen molar-refractivity contribution in [3.05, 3.63) is 46.4 Å². The van der Waals surface area contributed by atoms with Crippen LogP contribution in [0.15, 0.2) is 39.5 Å². The minimum Gasteiger partial charge on any atom is -0.319 e. The van der Waals surface area contributed by atoms with E-state index in [4.69, 9.17) is 0 Å². The van der Waals surface area contributed by atoms with Crippen molar-refractivity contribution in [1.29, 1.82) is 0 Å². The number of carbonyl (C=O) groups excluding carboxylic acids is 2. The molecule has 0 aliphatic rings. The second-order valence-corrected chi connectivity index (χ2v) is 10.7. The number of rotatable bonds is 8. The maximum absolute atomic E-state index is 13.0. The van der Waals surface area contributed by atoms with E-state index in [2.05, 4.69) is 20.8 Å². The third-order valence-electron chi connectivity index (χ3n) is 4.81. The first-order chi connectivity index (χ1) is 15.2. The Hall–Kier alpha value is -2.57. The zero-order valence-electron chi connectivity index (χ0n) is 18.3. The van der Waals surface area contributed by atoms with Crippen LogP contribution in [0.5, 0.6) is 0 Å². The molecule has 170 valence electrons. The smallest absolute Gasteiger partial charge is 0.295 e. The summed E-state index contributed by atoms with van der Waals surface area (Å²) >= 11 is 3.85. The second-order valence-electron chi connectivity index (χ2n) is 6.93. The van der Waals surface area contributed by atoms with Gasteiger partial charge < -0.3 is 5.32 Å². The molecule has 0 saturated carbocycles. The molecule has 12 heteroatoms. The molecule has 2 heterocycles. The lowest BCUT2D eigenvalue weighted by Gasteiger charge is -2.09. The van der Waals surface area contributed by atoms with E-state index in [0.717, 1.165) is 0 Å². The van der Waals surface area contributed by atoms with Crippen molar-refractivity contribution in [2.75, 3.05) is 16.9 Å². The predicted molar refractivity (Wildman–Crippen MR) is 131 cm³/mol. The van der Waals surface area contributed by atoms with Gasteiger partial charge >= 0.3 is 0 Å². The lowest BCUT2D eigenvalue weighted by Crippen LogP contribution is -2.27. The molecule has 2 N–H and O–H groups in total. The summed E-state index contributed by atoms with van der Waals surface area (Å²) in [6.07, 6.45) is 1.86. The highest BCUT2D eigenvalue weighted by Gasteiger charge is 2.23. The molecule has 9 nitrogen and oxygen atoms in total. The quantitative estimate of drug-likeness (QED) is 0.367. The van der Waals surface area contributed by atoms with Crippen LogP contribution in [0.4, 0.5) is 10.8 Å². The fourth-order valence-corrected chi connectivity index (χ4v) is 4.94. The van der Waals surface area contributed by atoms with E-state index in [1.165, 1.54) is 39.5 Å². The van der Waals surface area contributed by atoms with Gasteiger partial charge in [-0.05, 0) is 39.2 Å². The van der Waals surface area contributed by atoms with Crippen LogP contribution in [-0.4, -0.2) is 48.1 Å².